The van der Waals surface area contributed by atoms with Crippen molar-refractivity contribution in [1.82, 2.24) is 0 Å². The SMILES string of the molecule is Cc1ccc(C#CCO)c(NS(=O)(=O)C(C)(C)C)c1. The summed E-state index contributed by atoms with van der Waals surface area (Å²) < 4.78 is 26.0. The first-order chi connectivity index (χ1) is 8.67. The Balaban J connectivity index is 3.24. The molecule has 0 radical (unpaired) electrons. The number of nitrogens with one attached hydrogen (secondary N) is 1. The predicted octanol–water partition coefficient (Wildman–Crippen LogP) is 1.88. The summed E-state index contributed by atoms with van der Waals surface area (Å²) in [7, 11) is -3.50. The molecule has 0 aliphatic rings. The van der Waals surface area contributed by atoms with E-state index in [9.17, 15) is 8.42 Å². The van der Waals surface area contributed by atoms with Gasteiger partial charge >= 0.3 is 0 Å². The normalized spacial score (nSPS) is 11.6. The monoisotopic (exact) mass is 281 g/mol. The summed E-state index contributed by atoms with van der Waals surface area (Å²) in [5, 5.41) is 8.72. The summed E-state index contributed by atoms with van der Waals surface area (Å²) >= 11 is 0. The van der Waals surface area contributed by atoms with E-state index in [2.05, 4.69) is 16.6 Å². The Bertz CT molecular complexity index is 616. The van der Waals surface area contributed by atoms with Crippen LogP contribution in [0.4, 0.5) is 5.69 Å². The van der Waals surface area contributed by atoms with Crippen molar-refractivity contribution in [2.24, 2.45) is 0 Å². The van der Waals surface area contributed by atoms with E-state index in [1.165, 1.54) is 0 Å². The third-order valence-corrected chi connectivity index (χ3v) is 4.63. The average Bonchev–Trinajstić information content (AvgIpc) is 2.26. The van der Waals surface area contributed by atoms with Gasteiger partial charge in [0.2, 0.25) is 10.0 Å². The molecule has 4 nitrogen and oxygen atoms in total. The smallest absolute Gasteiger partial charge is 0.237 e. The lowest BCUT2D eigenvalue weighted by Gasteiger charge is -2.21. The Labute approximate surface area is 114 Å². The molecule has 0 unspecified atom stereocenters. The number of aryl methyl sites for hydroxylation is 1. The topological polar surface area (TPSA) is 66.4 Å². The van der Waals surface area contributed by atoms with Crippen molar-refractivity contribution >= 4 is 15.7 Å². The van der Waals surface area contributed by atoms with E-state index in [1.807, 2.05) is 13.0 Å². The number of hydrogen-bond acceptors (Lipinski definition) is 3. The van der Waals surface area contributed by atoms with Crippen LogP contribution in [0.3, 0.4) is 0 Å². The van der Waals surface area contributed by atoms with Crippen molar-refractivity contribution in [3.63, 3.8) is 0 Å². The van der Waals surface area contributed by atoms with Gasteiger partial charge in [-0.15, -0.1) is 0 Å². The lowest BCUT2D eigenvalue weighted by Crippen LogP contribution is -2.33. The number of aliphatic hydroxyl groups is 1. The van der Waals surface area contributed by atoms with Gasteiger partial charge in [0, 0.05) is 5.56 Å². The summed E-state index contributed by atoms with van der Waals surface area (Å²) in [4.78, 5) is 0. The van der Waals surface area contributed by atoms with E-state index < -0.39 is 14.8 Å². The molecule has 1 rings (SSSR count). The van der Waals surface area contributed by atoms with Crippen molar-refractivity contribution in [1.29, 1.82) is 0 Å². The number of benzene rings is 1. The summed E-state index contributed by atoms with van der Waals surface area (Å²) in [6, 6.07) is 5.31. The molecule has 0 spiro atoms. The van der Waals surface area contributed by atoms with Crippen molar-refractivity contribution in [2.75, 3.05) is 11.3 Å². The van der Waals surface area contributed by atoms with Gasteiger partial charge in [0.25, 0.3) is 0 Å². The first-order valence-electron chi connectivity index (χ1n) is 5.90. The fraction of sp³-hybridized carbons (Fsp3) is 0.429. The fourth-order valence-corrected chi connectivity index (χ4v) is 2.05. The van der Waals surface area contributed by atoms with Crippen LogP contribution in [0.1, 0.15) is 31.9 Å². The maximum atomic E-state index is 12.2. The quantitative estimate of drug-likeness (QED) is 0.813. The molecule has 0 amide bonds. The molecule has 1 aromatic rings. The van der Waals surface area contributed by atoms with E-state index in [0.29, 0.717) is 11.3 Å². The molecule has 0 saturated heterocycles. The molecule has 0 atom stereocenters. The Morgan fingerprint density at radius 1 is 1.32 bits per heavy atom. The summed E-state index contributed by atoms with van der Waals surface area (Å²) in [6.45, 7) is 6.50. The van der Waals surface area contributed by atoms with Crippen LogP contribution < -0.4 is 4.72 Å². The molecule has 0 fully saturated rings. The minimum atomic E-state index is -3.50. The molecule has 0 bridgehead atoms. The van der Waals surface area contributed by atoms with Crippen molar-refractivity contribution in [2.45, 2.75) is 32.4 Å². The highest BCUT2D eigenvalue weighted by atomic mass is 32.2. The van der Waals surface area contributed by atoms with E-state index in [4.69, 9.17) is 5.11 Å². The molecule has 0 saturated carbocycles. The second-order valence-electron chi connectivity index (χ2n) is 5.23. The van der Waals surface area contributed by atoms with Crippen LogP contribution in [0.15, 0.2) is 18.2 Å². The van der Waals surface area contributed by atoms with E-state index >= 15 is 0 Å². The molecule has 104 valence electrons. The number of aliphatic hydroxyl groups excluding tert-OH is 1. The number of rotatable bonds is 2. The lowest BCUT2D eigenvalue weighted by molar-refractivity contribution is 0.350. The minimum absolute atomic E-state index is 0.265. The molecule has 1 aromatic carbocycles. The maximum Gasteiger partial charge on any atom is 0.237 e. The first kappa shape index (κ1) is 15.5. The van der Waals surface area contributed by atoms with Crippen molar-refractivity contribution < 1.29 is 13.5 Å². The third-order valence-electron chi connectivity index (χ3n) is 2.53. The third kappa shape index (κ3) is 3.98. The van der Waals surface area contributed by atoms with Crippen LogP contribution in [-0.4, -0.2) is 24.9 Å². The summed E-state index contributed by atoms with van der Waals surface area (Å²) in [6.07, 6.45) is 0. The minimum Gasteiger partial charge on any atom is -0.384 e. The van der Waals surface area contributed by atoms with E-state index in [-0.39, 0.29) is 6.61 Å². The average molecular weight is 281 g/mol. The highest BCUT2D eigenvalue weighted by Gasteiger charge is 2.29. The van der Waals surface area contributed by atoms with Crippen LogP contribution in [0, 0.1) is 18.8 Å². The molecule has 0 aliphatic carbocycles. The van der Waals surface area contributed by atoms with Crippen LogP contribution in [0.2, 0.25) is 0 Å². The van der Waals surface area contributed by atoms with Gasteiger partial charge < -0.3 is 5.11 Å². The number of anilines is 1. The second-order valence-corrected chi connectivity index (χ2v) is 7.66. The largest absolute Gasteiger partial charge is 0.384 e. The zero-order valence-corrected chi connectivity index (χ0v) is 12.4. The van der Waals surface area contributed by atoms with Crippen LogP contribution in [-0.2, 0) is 10.0 Å². The van der Waals surface area contributed by atoms with E-state index in [0.717, 1.165) is 5.56 Å². The van der Waals surface area contributed by atoms with Gasteiger partial charge in [0.15, 0.2) is 0 Å². The van der Waals surface area contributed by atoms with Gasteiger partial charge in [-0.2, -0.15) is 0 Å². The molecule has 19 heavy (non-hydrogen) atoms. The summed E-state index contributed by atoms with van der Waals surface area (Å²) in [5.41, 5.74) is 1.92. The maximum absolute atomic E-state index is 12.2. The van der Waals surface area contributed by atoms with Crippen LogP contribution in [0.25, 0.3) is 0 Å². The Morgan fingerprint density at radius 3 is 2.47 bits per heavy atom. The number of hydrogen-bond donors (Lipinski definition) is 2. The zero-order chi connectivity index (χ0) is 14.7. The van der Waals surface area contributed by atoms with E-state index in [1.54, 1.807) is 32.9 Å². The highest BCUT2D eigenvalue weighted by molar-refractivity contribution is 7.94. The van der Waals surface area contributed by atoms with Gasteiger partial charge in [-0.05, 0) is 45.4 Å². The van der Waals surface area contributed by atoms with Gasteiger partial charge in [-0.25, -0.2) is 8.42 Å². The van der Waals surface area contributed by atoms with Gasteiger partial charge in [-0.1, -0.05) is 17.9 Å². The molecule has 5 heteroatoms. The lowest BCUT2D eigenvalue weighted by atomic mass is 10.1. The Kier molecular flexibility index (Phi) is 4.61. The van der Waals surface area contributed by atoms with Crippen LogP contribution >= 0.6 is 0 Å². The molecule has 0 heterocycles. The van der Waals surface area contributed by atoms with Crippen molar-refractivity contribution in [3.8, 4) is 11.8 Å². The molecule has 2 N–H and O–H groups in total. The summed E-state index contributed by atoms with van der Waals surface area (Å²) in [5.74, 6) is 5.26. The fourth-order valence-electron chi connectivity index (χ4n) is 1.28. The zero-order valence-electron chi connectivity index (χ0n) is 11.6. The molecular weight excluding hydrogens is 262 g/mol. The van der Waals surface area contributed by atoms with Gasteiger partial charge in [0.1, 0.15) is 6.61 Å². The highest BCUT2D eigenvalue weighted by Crippen LogP contribution is 2.23. The van der Waals surface area contributed by atoms with Gasteiger partial charge in [-0.3, -0.25) is 4.72 Å². The Hall–Kier alpha value is -1.51. The standard InChI is InChI=1S/C14H19NO3S/c1-11-7-8-12(6-5-9-16)13(10-11)15-19(17,18)14(2,3)4/h7-8,10,15-16H,9H2,1-4H3. The molecule has 0 aliphatic heterocycles. The van der Waals surface area contributed by atoms with Crippen LogP contribution in [0.5, 0.6) is 0 Å². The first-order valence-corrected chi connectivity index (χ1v) is 7.38. The molecular formula is C14H19NO3S. The van der Waals surface area contributed by atoms with Crippen molar-refractivity contribution in [3.05, 3.63) is 29.3 Å². The Morgan fingerprint density at radius 2 is 1.95 bits per heavy atom. The molecule has 0 aromatic heterocycles. The number of sulfonamides is 1. The predicted molar refractivity (Wildman–Crippen MR) is 77.4 cm³/mol. The second kappa shape index (κ2) is 5.64. The van der Waals surface area contributed by atoms with Gasteiger partial charge in [0.05, 0.1) is 10.4 Å².